The summed E-state index contributed by atoms with van der Waals surface area (Å²) in [5.41, 5.74) is 0.921. The molecule has 0 bridgehead atoms. The van der Waals surface area contributed by atoms with Gasteiger partial charge in [-0.1, -0.05) is 36.4 Å². The monoisotopic (exact) mass is 201 g/mol. The van der Waals surface area contributed by atoms with E-state index >= 15 is 0 Å². The van der Waals surface area contributed by atoms with Crippen LogP contribution in [0, 0.1) is 5.92 Å². The fourth-order valence-corrected chi connectivity index (χ4v) is 1.51. The van der Waals surface area contributed by atoms with E-state index in [4.69, 9.17) is 0 Å². The average Bonchev–Trinajstić information content (AvgIpc) is 2.69. The molecular formula is C12H11NS. The zero-order valence-electron chi connectivity index (χ0n) is 7.67. The van der Waals surface area contributed by atoms with E-state index in [1.807, 2.05) is 42.6 Å². The summed E-state index contributed by atoms with van der Waals surface area (Å²) in [6, 6.07) is 7.82. The largest absolute Gasteiger partial charge is 0.259 e. The number of hydrogen-bond donors (Lipinski definition) is 1. The number of thiol groups is 1. The van der Waals surface area contributed by atoms with Gasteiger partial charge in [-0.25, -0.2) is 0 Å². The van der Waals surface area contributed by atoms with Gasteiger partial charge in [0, 0.05) is 17.0 Å². The Bertz CT molecular complexity index is 393. The van der Waals surface area contributed by atoms with Gasteiger partial charge in [-0.15, -0.1) is 12.6 Å². The molecule has 1 aromatic carbocycles. The Balaban J connectivity index is 2.14. The Morgan fingerprint density at radius 3 is 2.57 bits per heavy atom. The molecule has 70 valence electrons. The van der Waals surface area contributed by atoms with Crippen LogP contribution < -0.4 is 0 Å². The fourth-order valence-electron chi connectivity index (χ4n) is 1.29. The number of nitrogens with zero attached hydrogens (tertiary/aromatic N) is 1. The zero-order valence-corrected chi connectivity index (χ0v) is 8.56. The van der Waals surface area contributed by atoms with E-state index in [1.165, 1.54) is 0 Å². The van der Waals surface area contributed by atoms with E-state index in [-0.39, 0.29) is 0 Å². The van der Waals surface area contributed by atoms with Crippen LogP contribution >= 0.6 is 12.6 Å². The van der Waals surface area contributed by atoms with Crippen molar-refractivity contribution < 1.29 is 0 Å². The zero-order chi connectivity index (χ0) is 9.80. The maximum Gasteiger partial charge on any atom is 0.0759 e. The standard InChI is InChI=1S/C12H11NS/c14-12-8-4-3-7-11(12)13-9-10-5-1-2-6-10/h1-10,14H. The van der Waals surface area contributed by atoms with Crippen LogP contribution in [-0.4, -0.2) is 6.21 Å². The molecule has 0 N–H and O–H groups in total. The lowest BCUT2D eigenvalue weighted by atomic mass is 10.2. The minimum absolute atomic E-state index is 0.336. The Labute approximate surface area is 89.3 Å². The minimum atomic E-state index is 0.336. The first-order chi connectivity index (χ1) is 6.86. The summed E-state index contributed by atoms with van der Waals surface area (Å²) in [6.45, 7) is 0. The van der Waals surface area contributed by atoms with Crippen molar-refractivity contribution in [3.05, 3.63) is 48.6 Å². The maximum absolute atomic E-state index is 4.38. The van der Waals surface area contributed by atoms with Gasteiger partial charge >= 0.3 is 0 Å². The highest BCUT2D eigenvalue weighted by Gasteiger charge is 1.99. The lowest BCUT2D eigenvalue weighted by Gasteiger charge is -1.98. The van der Waals surface area contributed by atoms with Gasteiger partial charge in [0.15, 0.2) is 0 Å². The molecule has 14 heavy (non-hydrogen) atoms. The normalized spacial score (nSPS) is 15.8. The third kappa shape index (κ3) is 2.15. The smallest absolute Gasteiger partial charge is 0.0759 e. The molecule has 2 heteroatoms. The summed E-state index contributed by atoms with van der Waals surface area (Å²) in [5, 5.41) is 0. The van der Waals surface area contributed by atoms with Gasteiger partial charge in [0.1, 0.15) is 0 Å². The predicted molar refractivity (Wildman–Crippen MR) is 63.6 cm³/mol. The molecule has 0 radical (unpaired) electrons. The summed E-state index contributed by atoms with van der Waals surface area (Å²) >= 11 is 4.32. The average molecular weight is 201 g/mol. The van der Waals surface area contributed by atoms with Gasteiger partial charge in [-0.3, -0.25) is 4.99 Å². The number of benzene rings is 1. The SMILES string of the molecule is Sc1ccccc1N=CC1C=CC=C1. The third-order valence-corrected chi connectivity index (χ3v) is 2.42. The number of para-hydroxylation sites is 1. The highest BCUT2D eigenvalue weighted by Crippen LogP contribution is 2.22. The van der Waals surface area contributed by atoms with Crippen LogP contribution in [0.3, 0.4) is 0 Å². The Hall–Kier alpha value is -1.28. The molecule has 0 saturated heterocycles. The van der Waals surface area contributed by atoms with Crippen molar-refractivity contribution in [1.82, 2.24) is 0 Å². The topological polar surface area (TPSA) is 12.4 Å². The Morgan fingerprint density at radius 1 is 1.14 bits per heavy atom. The molecule has 0 spiro atoms. The van der Waals surface area contributed by atoms with Crippen molar-refractivity contribution in [2.45, 2.75) is 4.90 Å². The maximum atomic E-state index is 4.38. The molecule has 0 atom stereocenters. The molecule has 0 unspecified atom stereocenters. The summed E-state index contributed by atoms with van der Waals surface area (Å²) in [7, 11) is 0. The quantitative estimate of drug-likeness (QED) is 0.556. The van der Waals surface area contributed by atoms with Gasteiger partial charge < -0.3 is 0 Å². The van der Waals surface area contributed by atoms with Crippen LogP contribution in [0.25, 0.3) is 0 Å². The molecule has 1 nitrogen and oxygen atoms in total. The van der Waals surface area contributed by atoms with E-state index in [2.05, 4.69) is 29.8 Å². The van der Waals surface area contributed by atoms with Crippen LogP contribution in [-0.2, 0) is 0 Å². The highest BCUT2D eigenvalue weighted by molar-refractivity contribution is 7.80. The second-order valence-electron chi connectivity index (χ2n) is 3.11. The number of rotatable bonds is 2. The van der Waals surface area contributed by atoms with Crippen LogP contribution in [0.5, 0.6) is 0 Å². The highest BCUT2D eigenvalue weighted by atomic mass is 32.1. The van der Waals surface area contributed by atoms with Crippen molar-refractivity contribution in [2.75, 3.05) is 0 Å². The first kappa shape index (κ1) is 9.28. The molecule has 0 amide bonds. The summed E-state index contributed by atoms with van der Waals surface area (Å²) < 4.78 is 0. The molecule has 0 aromatic heterocycles. The van der Waals surface area contributed by atoms with Crippen molar-refractivity contribution in [2.24, 2.45) is 10.9 Å². The molecule has 1 aromatic rings. The van der Waals surface area contributed by atoms with Gasteiger partial charge in [-0.2, -0.15) is 0 Å². The van der Waals surface area contributed by atoms with Crippen LogP contribution in [0.4, 0.5) is 5.69 Å². The summed E-state index contributed by atoms with van der Waals surface area (Å²) in [5.74, 6) is 0.336. The van der Waals surface area contributed by atoms with Gasteiger partial charge in [-0.05, 0) is 12.1 Å². The first-order valence-electron chi connectivity index (χ1n) is 4.53. The van der Waals surface area contributed by atoms with Crippen molar-refractivity contribution in [3.63, 3.8) is 0 Å². The van der Waals surface area contributed by atoms with Crippen molar-refractivity contribution >= 4 is 24.5 Å². The summed E-state index contributed by atoms with van der Waals surface area (Å²) in [4.78, 5) is 5.30. The molecule has 0 fully saturated rings. The van der Waals surface area contributed by atoms with E-state index in [0.29, 0.717) is 5.92 Å². The van der Waals surface area contributed by atoms with E-state index in [1.54, 1.807) is 0 Å². The molecule has 0 heterocycles. The van der Waals surface area contributed by atoms with Crippen molar-refractivity contribution in [1.29, 1.82) is 0 Å². The van der Waals surface area contributed by atoms with E-state index in [0.717, 1.165) is 10.6 Å². The molecule has 2 rings (SSSR count). The molecule has 0 saturated carbocycles. The fraction of sp³-hybridized carbons (Fsp3) is 0.0833. The Morgan fingerprint density at radius 2 is 1.86 bits per heavy atom. The van der Waals surface area contributed by atoms with E-state index in [9.17, 15) is 0 Å². The van der Waals surface area contributed by atoms with Gasteiger partial charge in [0.05, 0.1) is 5.69 Å². The summed E-state index contributed by atoms with van der Waals surface area (Å²) in [6.07, 6.45) is 10.2. The minimum Gasteiger partial charge on any atom is -0.259 e. The lowest BCUT2D eigenvalue weighted by molar-refractivity contribution is 1.19. The van der Waals surface area contributed by atoms with E-state index < -0.39 is 0 Å². The second-order valence-corrected chi connectivity index (χ2v) is 3.60. The van der Waals surface area contributed by atoms with Gasteiger partial charge in [0.2, 0.25) is 0 Å². The molecule has 1 aliphatic rings. The lowest BCUT2D eigenvalue weighted by Crippen LogP contribution is -1.88. The van der Waals surface area contributed by atoms with Crippen LogP contribution in [0.15, 0.2) is 58.5 Å². The van der Waals surface area contributed by atoms with Crippen LogP contribution in [0.1, 0.15) is 0 Å². The van der Waals surface area contributed by atoms with Crippen LogP contribution in [0.2, 0.25) is 0 Å². The predicted octanol–water partition coefficient (Wildman–Crippen LogP) is 3.42. The van der Waals surface area contributed by atoms with Crippen molar-refractivity contribution in [3.8, 4) is 0 Å². The molecule has 0 aliphatic heterocycles. The number of hydrogen-bond acceptors (Lipinski definition) is 2. The molecular weight excluding hydrogens is 190 g/mol. The third-order valence-electron chi connectivity index (χ3n) is 2.05. The first-order valence-corrected chi connectivity index (χ1v) is 4.98. The molecule has 1 aliphatic carbocycles. The number of aliphatic imine (C=N–C) groups is 1. The van der Waals surface area contributed by atoms with Gasteiger partial charge in [0.25, 0.3) is 0 Å². The number of allylic oxidation sites excluding steroid dienone is 4. The Kier molecular flexibility index (Phi) is 2.84. The second kappa shape index (κ2) is 4.29.